The van der Waals surface area contributed by atoms with Crippen molar-refractivity contribution in [3.8, 4) is 0 Å². The van der Waals surface area contributed by atoms with E-state index in [1.54, 1.807) is 0 Å². The van der Waals surface area contributed by atoms with Crippen LogP contribution >= 0.6 is 15.9 Å². The highest BCUT2D eigenvalue weighted by Gasteiger charge is 2.34. The summed E-state index contributed by atoms with van der Waals surface area (Å²) in [6.45, 7) is 3.99. The van der Waals surface area contributed by atoms with Gasteiger partial charge in [0.1, 0.15) is 0 Å². The average molecular weight is 270 g/mol. The van der Waals surface area contributed by atoms with Crippen molar-refractivity contribution in [2.24, 2.45) is 5.73 Å². The lowest BCUT2D eigenvalue weighted by atomic mass is 9.75. The van der Waals surface area contributed by atoms with E-state index < -0.39 is 5.41 Å². The Bertz CT molecular complexity index is 341. The van der Waals surface area contributed by atoms with Crippen LogP contribution in [0.15, 0.2) is 28.7 Å². The van der Waals surface area contributed by atoms with Gasteiger partial charge in [-0.25, -0.2) is 0 Å². The zero-order valence-corrected chi connectivity index (χ0v) is 10.7. The molecule has 0 fully saturated rings. The number of carbonyl (C=O) groups is 1. The Morgan fingerprint density at radius 3 is 2.07 bits per heavy atom. The molecule has 3 heteroatoms. The van der Waals surface area contributed by atoms with E-state index in [4.69, 9.17) is 5.73 Å². The second kappa shape index (κ2) is 4.79. The molecule has 2 nitrogen and oxygen atoms in total. The Kier molecular flexibility index (Phi) is 3.91. The summed E-state index contributed by atoms with van der Waals surface area (Å²) in [4.78, 5) is 11.6. The summed E-state index contributed by atoms with van der Waals surface area (Å²) in [7, 11) is 0. The number of carbonyl (C=O) groups excluding carboxylic acids is 1. The van der Waals surface area contributed by atoms with E-state index in [2.05, 4.69) is 15.9 Å². The van der Waals surface area contributed by atoms with E-state index in [-0.39, 0.29) is 5.91 Å². The number of nitrogens with two attached hydrogens (primary N) is 1. The first-order valence-electron chi connectivity index (χ1n) is 5.12. The van der Waals surface area contributed by atoms with E-state index in [0.29, 0.717) is 0 Å². The highest BCUT2D eigenvalue weighted by molar-refractivity contribution is 9.10. The summed E-state index contributed by atoms with van der Waals surface area (Å²) >= 11 is 3.38. The fourth-order valence-electron chi connectivity index (χ4n) is 1.92. The molecule has 0 atom stereocenters. The van der Waals surface area contributed by atoms with Crippen molar-refractivity contribution in [1.29, 1.82) is 0 Å². The van der Waals surface area contributed by atoms with Crippen molar-refractivity contribution in [3.63, 3.8) is 0 Å². The topological polar surface area (TPSA) is 43.1 Å². The summed E-state index contributed by atoms with van der Waals surface area (Å²) < 4.78 is 1.01. The van der Waals surface area contributed by atoms with Gasteiger partial charge in [-0.15, -0.1) is 0 Å². The van der Waals surface area contributed by atoms with Gasteiger partial charge in [0.25, 0.3) is 0 Å². The molecular weight excluding hydrogens is 254 g/mol. The molecule has 15 heavy (non-hydrogen) atoms. The molecule has 2 N–H and O–H groups in total. The minimum atomic E-state index is -0.513. The summed E-state index contributed by atoms with van der Waals surface area (Å²) in [5.41, 5.74) is 6.00. The number of amides is 1. The molecule has 1 amide bonds. The molecule has 0 radical (unpaired) electrons. The van der Waals surface area contributed by atoms with Crippen molar-refractivity contribution in [1.82, 2.24) is 0 Å². The quantitative estimate of drug-likeness (QED) is 0.898. The predicted octanol–water partition coefficient (Wildman–Crippen LogP) is 2.99. The number of hydrogen-bond acceptors (Lipinski definition) is 1. The average Bonchev–Trinajstić information content (AvgIpc) is 2.22. The summed E-state index contributed by atoms with van der Waals surface area (Å²) in [6.07, 6.45) is 1.47. The maximum atomic E-state index is 11.6. The van der Waals surface area contributed by atoms with Crippen LogP contribution in [0.5, 0.6) is 0 Å². The zero-order chi connectivity index (χ0) is 11.5. The number of primary amides is 1. The lowest BCUT2D eigenvalue weighted by Gasteiger charge is -2.28. The molecule has 0 aliphatic carbocycles. The maximum Gasteiger partial charge on any atom is 0.228 e. The third kappa shape index (κ3) is 2.23. The molecule has 0 aliphatic heterocycles. The minimum absolute atomic E-state index is 0.241. The Balaban J connectivity index is 3.20. The molecule has 0 aliphatic rings. The molecule has 0 aromatic heterocycles. The molecule has 0 saturated carbocycles. The fourth-order valence-corrected chi connectivity index (χ4v) is 2.18. The van der Waals surface area contributed by atoms with Gasteiger partial charge in [0.2, 0.25) is 5.91 Å². The van der Waals surface area contributed by atoms with Crippen LogP contribution in [-0.4, -0.2) is 5.91 Å². The highest BCUT2D eigenvalue weighted by atomic mass is 79.9. The van der Waals surface area contributed by atoms with E-state index in [9.17, 15) is 4.79 Å². The van der Waals surface area contributed by atoms with E-state index >= 15 is 0 Å². The third-order valence-corrected chi connectivity index (χ3v) is 3.60. The molecule has 0 unspecified atom stereocenters. The van der Waals surface area contributed by atoms with Crippen LogP contribution in [-0.2, 0) is 10.2 Å². The van der Waals surface area contributed by atoms with Crippen LogP contribution in [0.2, 0.25) is 0 Å². The fraction of sp³-hybridized carbons (Fsp3) is 0.417. The van der Waals surface area contributed by atoms with Gasteiger partial charge in [-0.1, -0.05) is 41.9 Å². The van der Waals surface area contributed by atoms with Crippen LogP contribution < -0.4 is 5.73 Å². The van der Waals surface area contributed by atoms with E-state index in [1.165, 1.54) is 0 Å². The summed E-state index contributed by atoms with van der Waals surface area (Å²) in [5, 5.41) is 0. The molecule has 82 valence electrons. The standard InChI is InChI=1S/C12H16BrNO/c1-3-12(4-2,11(14)15)9-5-7-10(13)8-6-9/h5-8H,3-4H2,1-2H3,(H2,14,15). The highest BCUT2D eigenvalue weighted by Crippen LogP contribution is 2.32. The molecule has 1 aromatic carbocycles. The molecular formula is C12H16BrNO. The van der Waals surface area contributed by atoms with E-state index in [1.807, 2.05) is 38.1 Å². The first kappa shape index (κ1) is 12.2. The van der Waals surface area contributed by atoms with Gasteiger partial charge in [-0.2, -0.15) is 0 Å². The Hall–Kier alpha value is -0.830. The molecule has 1 rings (SSSR count). The largest absolute Gasteiger partial charge is 0.369 e. The zero-order valence-electron chi connectivity index (χ0n) is 9.09. The van der Waals surface area contributed by atoms with E-state index in [0.717, 1.165) is 22.9 Å². The smallest absolute Gasteiger partial charge is 0.228 e. The normalized spacial score (nSPS) is 11.4. The minimum Gasteiger partial charge on any atom is -0.369 e. The van der Waals surface area contributed by atoms with Gasteiger partial charge in [-0.05, 0) is 30.5 Å². The Morgan fingerprint density at radius 2 is 1.73 bits per heavy atom. The predicted molar refractivity (Wildman–Crippen MR) is 65.6 cm³/mol. The second-order valence-electron chi connectivity index (χ2n) is 3.66. The van der Waals surface area contributed by atoms with Crippen LogP contribution in [0.3, 0.4) is 0 Å². The van der Waals surface area contributed by atoms with Gasteiger partial charge in [0.05, 0.1) is 5.41 Å². The van der Waals surface area contributed by atoms with Gasteiger partial charge >= 0.3 is 0 Å². The van der Waals surface area contributed by atoms with Crippen molar-refractivity contribution < 1.29 is 4.79 Å². The second-order valence-corrected chi connectivity index (χ2v) is 4.58. The first-order chi connectivity index (χ1) is 7.06. The molecule has 0 saturated heterocycles. The first-order valence-corrected chi connectivity index (χ1v) is 5.92. The van der Waals surface area contributed by atoms with Crippen molar-refractivity contribution in [2.75, 3.05) is 0 Å². The summed E-state index contributed by atoms with van der Waals surface area (Å²) in [6, 6.07) is 7.81. The van der Waals surface area contributed by atoms with Crippen LogP contribution in [0.4, 0.5) is 0 Å². The molecule has 0 bridgehead atoms. The Morgan fingerprint density at radius 1 is 1.27 bits per heavy atom. The van der Waals surface area contributed by atoms with Crippen molar-refractivity contribution in [3.05, 3.63) is 34.3 Å². The van der Waals surface area contributed by atoms with Gasteiger partial charge in [-0.3, -0.25) is 4.79 Å². The van der Waals surface area contributed by atoms with Gasteiger partial charge < -0.3 is 5.73 Å². The lowest BCUT2D eigenvalue weighted by Crippen LogP contribution is -2.40. The molecule has 0 heterocycles. The number of hydrogen-bond donors (Lipinski definition) is 1. The summed E-state index contributed by atoms with van der Waals surface area (Å²) in [5.74, 6) is -0.241. The number of benzene rings is 1. The van der Waals surface area contributed by atoms with Crippen LogP contribution in [0.1, 0.15) is 32.3 Å². The van der Waals surface area contributed by atoms with Crippen LogP contribution in [0, 0.1) is 0 Å². The Labute approximate surface area is 99.0 Å². The third-order valence-electron chi connectivity index (χ3n) is 3.08. The molecule has 0 spiro atoms. The van der Waals surface area contributed by atoms with Crippen molar-refractivity contribution in [2.45, 2.75) is 32.1 Å². The van der Waals surface area contributed by atoms with Gasteiger partial charge in [0.15, 0.2) is 0 Å². The maximum absolute atomic E-state index is 11.6. The monoisotopic (exact) mass is 269 g/mol. The van der Waals surface area contributed by atoms with Gasteiger partial charge in [0, 0.05) is 4.47 Å². The van der Waals surface area contributed by atoms with Crippen LogP contribution in [0.25, 0.3) is 0 Å². The number of rotatable bonds is 4. The number of halogens is 1. The molecule has 1 aromatic rings. The van der Waals surface area contributed by atoms with Crippen molar-refractivity contribution >= 4 is 21.8 Å². The SMILES string of the molecule is CCC(CC)(C(N)=O)c1ccc(Br)cc1. The lowest BCUT2D eigenvalue weighted by molar-refractivity contribution is -0.123.